The summed E-state index contributed by atoms with van der Waals surface area (Å²) in [5.74, 6) is -2.78. The van der Waals surface area contributed by atoms with Crippen LogP contribution >= 0.6 is 0 Å². The van der Waals surface area contributed by atoms with Gasteiger partial charge in [0.05, 0.1) is 0 Å². The molecule has 7 nitrogen and oxygen atoms in total. The van der Waals surface area contributed by atoms with Crippen LogP contribution in [0.3, 0.4) is 0 Å². The normalized spacial score (nSPS) is 19.4. The second-order valence-electron chi connectivity index (χ2n) is 8.45. The maximum absolute atomic E-state index is 13.3. The predicted octanol–water partition coefficient (Wildman–Crippen LogP) is 3.78. The third kappa shape index (κ3) is 4.20. The minimum absolute atomic E-state index is 0.0899. The minimum Gasteiger partial charge on any atom is -0.481 e. The fourth-order valence-electron chi connectivity index (χ4n) is 4.63. The van der Waals surface area contributed by atoms with Crippen LogP contribution in [0, 0.1) is 5.41 Å². The summed E-state index contributed by atoms with van der Waals surface area (Å²) in [6.45, 7) is -1.30. The van der Waals surface area contributed by atoms with Crippen molar-refractivity contribution >= 4 is 18.0 Å². The molecule has 1 heterocycles. The lowest BCUT2D eigenvalue weighted by molar-refractivity contribution is -0.227. The molecule has 0 spiro atoms. The van der Waals surface area contributed by atoms with Crippen molar-refractivity contribution in [2.75, 3.05) is 26.2 Å². The molecule has 0 aromatic heterocycles. The van der Waals surface area contributed by atoms with Crippen molar-refractivity contribution in [2.45, 2.75) is 24.9 Å². The van der Waals surface area contributed by atoms with E-state index in [1.807, 2.05) is 48.5 Å². The Hall–Kier alpha value is -3.56. The highest BCUT2D eigenvalue weighted by Crippen LogP contribution is 2.46. The monoisotopic (exact) mass is 476 g/mol. The van der Waals surface area contributed by atoms with E-state index < -0.39 is 42.5 Å². The molecule has 0 radical (unpaired) electrons. The van der Waals surface area contributed by atoms with Crippen LogP contribution in [-0.2, 0) is 14.3 Å². The fraction of sp³-hybridized carbons (Fsp3) is 0.375. The van der Waals surface area contributed by atoms with E-state index in [0.29, 0.717) is 0 Å². The fourth-order valence-corrected chi connectivity index (χ4v) is 4.63. The number of hydrogen-bond donors (Lipinski definition) is 2. The third-order valence-electron chi connectivity index (χ3n) is 6.53. The molecule has 2 aromatic rings. The Morgan fingerprint density at radius 1 is 1.06 bits per heavy atom. The van der Waals surface area contributed by atoms with Gasteiger partial charge >= 0.3 is 18.2 Å². The van der Waals surface area contributed by atoms with Gasteiger partial charge in [-0.15, -0.1) is 0 Å². The number of alkyl carbamates (subject to hydrolysis) is 1. The van der Waals surface area contributed by atoms with Crippen LogP contribution in [-0.4, -0.2) is 60.4 Å². The SMILES string of the molecule is O=C(NCCC(=O)N1CCC(C(=O)O)(C(F)(F)F)C1)OCC1c2ccccc2-c2ccccc21. The predicted molar refractivity (Wildman–Crippen MR) is 115 cm³/mol. The minimum atomic E-state index is -4.96. The van der Waals surface area contributed by atoms with Gasteiger partial charge in [-0.1, -0.05) is 48.5 Å². The number of carboxylic acid groups (broad SMARTS) is 1. The summed E-state index contributed by atoms with van der Waals surface area (Å²) in [6, 6.07) is 15.7. The van der Waals surface area contributed by atoms with Gasteiger partial charge in [0.15, 0.2) is 5.41 Å². The van der Waals surface area contributed by atoms with Crippen LogP contribution in [0.5, 0.6) is 0 Å². The summed E-state index contributed by atoms with van der Waals surface area (Å²) < 4.78 is 45.2. The second kappa shape index (κ2) is 9.00. The highest BCUT2D eigenvalue weighted by molar-refractivity contribution is 5.82. The lowest BCUT2D eigenvalue weighted by Gasteiger charge is -2.27. The van der Waals surface area contributed by atoms with Crippen LogP contribution < -0.4 is 5.32 Å². The van der Waals surface area contributed by atoms with Gasteiger partial charge in [0, 0.05) is 32.0 Å². The van der Waals surface area contributed by atoms with Gasteiger partial charge in [-0.2, -0.15) is 13.2 Å². The van der Waals surface area contributed by atoms with Gasteiger partial charge in [-0.3, -0.25) is 9.59 Å². The summed E-state index contributed by atoms with van der Waals surface area (Å²) in [4.78, 5) is 36.6. The molecule has 2 amide bonds. The zero-order chi connectivity index (χ0) is 24.5. The Kier molecular flexibility index (Phi) is 6.24. The van der Waals surface area contributed by atoms with Gasteiger partial charge in [0.2, 0.25) is 5.91 Å². The van der Waals surface area contributed by atoms with Crippen LogP contribution in [0.1, 0.15) is 29.9 Å². The number of ether oxygens (including phenoxy) is 1. The summed E-state index contributed by atoms with van der Waals surface area (Å²) in [7, 11) is 0. The molecule has 2 aromatic carbocycles. The van der Waals surface area contributed by atoms with Gasteiger partial charge in [0.1, 0.15) is 6.61 Å². The number of nitrogens with zero attached hydrogens (tertiary/aromatic N) is 1. The Morgan fingerprint density at radius 3 is 2.18 bits per heavy atom. The Bertz CT molecular complexity index is 1070. The van der Waals surface area contributed by atoms with E-state index >= 15 is 0 Å². The van der Waals surface area contributed by atoms with E-state index in [9.17, 15) is 27.6 Å². The third-order valence-corrected chi connectivity index (χ3v) is 6.53. The first-order chi connectivity index (χ1) is 16.1. The summed E-state index contributed by atoms with van der Waals surface area (Å²) in [5.41, 5.74) is 1.31. The molecule has 1 unspecified atom stereocenters. The number of carbonyl (C=O) groups is 3. The number of nitrogens with one attached hydrogen (secondary N) is 1. The molecule has 180 valence electrons. The van der Waals surface area contributed by atoms with Crippen molar-refractivity contribution in [3.8, 4) is 11.1 Å². The standard InChI is InChI=1S/C24H23F3N2O5/c25-24(26,27)23(21(31)32)10-12-29(14-23)20(30)9-11-28-22(33)34-13-19-17-7-3-1-5-15(17)16-6-2-4-8-18(16)19/h1-8,19H,9-14H2,(H,28,33)(H,31,32). The average molecular weight is 476 g/mol. The van der Waals surface area contributed by atoms with Crippen molar-refractivity contribution in [2.24, 2.45) is 5.41 Å². The van der Waals surface area contributed by atoms with E-state index in [-0.39, 0.29) is 32.0 Å². The number of carboxylic acids is 1. The smallest absolute Gasteiger partial charge is 0.407 e. The molecular weight excluding hydrogens is 453 g/mol. The van der Waals surface area contributed by atoms with E-state index in [4.69, 9.17) is 9.84 Å². The number of fused-ring (bicyclic) bond motifs is 3. The molecule has 0 saturated carbocycles. The Labute approximate surface area is 193 Å². The number of alkyl halides is 3. The number of carbonyl (C=O) groups excluding carboxylic acids is 2. The first kappa shape index (κ1) is 23.6. The van der Waals surface area contributed by atoms with Gasteiger partial charge in [-0.05, 0) is 28.7 Å². The summed E-state index contributed by atoms with van der Waals surface area (Å²) in [5, 5.41) is 11.5. The van der Waals surface area contributed by atoms with E-state index in [2.05, 4.69) is 5.32 Å². The zero-order valence-electron chi connectivity index (χ0n) is 18.1. The Balaban J connectivity index is 1.27. The second-order valence-corrected chi connectivity index (χ2v) is 8.45. The number of rotatable bonds is 6. The van der Waals surface area contributed by atoms with E-state index in [1.165, 1.54) is 0 Å². The number of likely N-dealkylation sites (tertiary alicyclic amines) is 1. The van der Waals surface area contributed by atoms with E-state index in [1.54, 1.807) is 0 Å². The quantitative estimate of drug-likeness (QED) is 0.662. The van der Waals surface area contributed by atoms with Crippen LogP contribution in [0.2, 0.25) is 0 Å². The summed E-state index contributed by atoms with van der Waals surface area (Å²) >= 11 is 0. The first-order valence-electron chi connectivity index (χ1n) is 10.8. The largest absolute Gasteiger partial charge is 0.481 e. The van der Waals surface area contributed by atoms with Crippen LogP contribution in [0.4, 0.5) is 18.0 Å². The lowest BCUT2D eigenvalue weighted by atomic mass is 9.86. The zero-order valence-corrected chi connectivity index (χ0v) is 18.1. The topological polar surface area (TPSA) is 95.9 Å². The molecule has 1 saturated heterocycles. The molecular formula is C24H23F3N2O5. The lowest BCUT2D eigenvalue weighted by Crippen LogP contribution is -2.48. The highest BCUT2D eigenvalue weighted by Gasteiger charge is 2.64. The number of benzene rings is 2. The van der Waals surface area contributed by atoms with E-state index in [0.717, 1.165) is 27.2 Å². The number of aliphatic carboxylic acids is 1. The highest BCUT2D eigenvalue weighted by atomic mass is 19.4. The van der Waals surface area contributed by atoms with Gasteiger partial charge in [-0.25, -0.2) is 4.79 Å². The van der Waals surface area contributed by atoms with Crippen molar-refractivity contribution in [1.29, 1.82) is 0 Å². The number of amides is 2. The number of hydrogen-bond acceptors (Lipinski definition) is 4. The van der Waals surface area contributed by atoms with Crippen molar-refractivity contribution < 1.29 is 37.4 Å². The number of halogens is 3. The van der Waals surface area contributed by atoms with Gasteiger partial charge in [0.25, 0.3) is 0 Å². The summed E-state index contributed by atoms with van der Waals surface area (Å²) in [6.07, 6.45) is -6.67. The molecule has 0 bridgehead atoms. The average Bonchev–Trinajstić information content (AvgIpc) is 3.39. The maximum Gasteiger partial charge on any atom is 0.407 e. The van der Waals surface area contributed by atoms with Crippen molar-refractivity contribution in [3.63, 3.8) is 0 Å². The van der Waals surface area contributed by atoms with Crippen LogP contribution in [0.25, 0.3) is 11.1 Å². The van der Waals surface area contributed by atoms with Crippen molar-refractivity contribution in [3.05, 3.63) is 59.7 Å². The Morgan fingerprint density at radius 2 is 1.65 bits per heavy atom. The first-order valence-corrected chi connectivity index (χ1v) is 10.8. The molecule has 2 N–H and O–H groups in total. The molecule has 1 fully saturated rings. The van der Waals surface area contributed by atoms with Crippen LogP contribution in [0.15, 0.2) is 48.5 Å². The maximum atomic E-state index is 13.3. The van der Waals surface area contributed by atoms with Crippen molar-refractivity contribution in [1.82, 2.24) is 10.2 Å². The van der Waals surface area contributed by atoms with Gasteiger partial charge < -0.3 is 20.1 Å². The molecule has 1 aliphatic carbocycles. The molecule has 34 heavy (non-hydrogen) atoms. The molecule has 2 aliphatic rings. The molecule has 1 aliphatic heterocycles. The molecule has 4 rings (SSSR count). The molecule has 1 atom stereocenters. The molecule has 10 heteroatoms.